The van der Waals surface area contributed by atoms with Crippen LogP contribution in [-0.2, 0) is 16.0 Å². The Morgan fingerprint density at radius 1 is 1.29 bits per heavy atom. The molecule has 0 spiro atoms. The Balaban J connectivity index is 1.74. The summed E-state index contributed by atoms with van der Waals surface area (Å²) in [5.74, 6) is 0.426. The molecule has 1 saturated heterocycles. The van der Waals surface area contributed by atoms with E-state index in [9.17, 15) is 9.59 Å². The molecule has 0 aromatic heterocycles. The molecule has 3 atom stereocenters. The predicted octanol–water partition coefficient (Wildman–Crippen LogP) is 1.84. The van der Waals surface area contributed by atoms with Gasteiger partial charge < -0.3 is 10.2 Å². The average Bonchev–Trinajstić information content (AvgIpc) is 2.45. The first-order valence-electron chi connectivity index (χ1n) is 7.80. The molecule has 1 aliphatic heterocycles. The molecule has 2 amide bonds. The van der Waals surface area contributed by atoms with Crippen molar-refractivity contribution in [1.29, 1.82) is 0 Å². The molecule has 1 N–H and O–H groups in total. The Morgan fingerprint density at radius 3 is 2.76 bits per heavy atom. The number of nitrogens with one attached hydrogen (secondary N) is 1. The highest BCUT2D eigenvalue weighted by Crippen LogP contribution is 2.36. The van der Waals surface area contributed by atoms with Crippen LogP contribution in [0.3, 0.4) is 0 Å². The van der Waals surface area contributed by atoms with Crippen molar-refractivity contribution < 1.29 is 9.59 Å². The van der Waals surface area contributed by atoms with Gasteiger partial charge in [-0.3, -0.25) is 9.59 Å². The number of piperazine rings is 1. The number of rotatable bonds is 4. The van der Waals surface area contributed by atoms with Gasteiger partial charge in [0, 0.05) is 12.5 Å². The van der Waals surface area contributed by atoms with Gasteiger partial charge in [-0.1, -0.05) is 37.6 Å². The number of carbonyl (C=O) groups excluding carboxylic acids is 2. The summed E-state index contributed by atoms with van der Waals surface area (Å²) in [6, 6.07) is 7.66. The van der Waals surface area contributed by atoms with Crippen molar-refractivity contribution >= 4 is 11.8 Å². The van der Waals surface area contributed by atoms with Gasteiger partial charge in [0.1, 0.15) is 12.1 Å². The molecule has 3 unspecified atom stereocenters. The summed E-state index contributed by atoms with van der Waals surface area (Å²) in [4.78, 5) is 26.4. The molecule has 0 saturated carbocycles. The smallest absolute Gasteiger partial charge is 0.245 e. The minimum Gasteiger partial charge on any atom is -0.343 e. The maximum absolute atomic E-state index is 12.6. The molecule has 1 heterocycles. The van der Waals surface area contributed by atoms with E-state index < -0.39 is 0 Å². The van der Waals surface area contributed by atoms with Crippen LogP contribution in [-0.4, -0.2) is 35.3 Å². The molecule has 1 aromatic carbocycles. The average molecular weight is 286 g/mol. The van der Waals surface area contributed by atoms with E-state index in [0.29, 0.717) is 12.5 Å². The van der Waals surface area contributed by atoms with Crippen molar-refractivity contribution in [2.45, 2.75) is 51.1 Å². The van der Waals surface area contributed by atoms with Crippen LogP contribution in [0.4, 0.5) is 0 Å². The molecule has 1 aliphatic carbocycles. The second-order valence-electron chi connectivity index (χ2n) is 6.12. The van der Waals surface area contributed by atoms with Gasteiger partial charge in [0.15, 0.2) is 0 Å². The number of hydrogen-bond donors (Lipinski definition) is 1. The zero-order valence-electron chi connectivity index (χ0n) is 12.6. The Kier molecular flexibility index (Phi) is 3.70. The van der Waals surface area contributed by atoms with E-state index in [1.165, 1.54) is 11.1 Å². The summed E-state index contributed by atoms with van der Waals surface area (Å²) in [7, 11) is 0. The molecule has 4 heteroatoms. The lowest BCUT2D eigenvalue weighted by atomic mass is 9.77. The lowest BCUT2D eigenvalue weighted by Crippen LogP contribution is -2.63. The van der Waals surface area contributed by atoms with Gasteiger partial charge >= 0.3 is 0 Å². The first-order valence-corrected chi connectivity index (χ1v) is 7.80. The van der Waals surface area contributed by atoms with Crippen molar-refractivity contribution in [2.75, 3.05) is 6.54 Å². The van der Waals surface area contributed by atoms with Crippen molar-refractivity contribution in [1.82, 2.24) is 10.2 Å². The molecule has 4 nitrogen and oxygen atoms in total. The Hall–Kier alpha value is -1.84. The van der Waals surface area contributed by atoms with E-state index in [0.717, 1.165) is 19.3 Å². The predicted molar refractivity (Wildman–Crippen MR) is 80.9 cm³/mol. The molecule has 2 aliphatic rings. The van der Waals surface area contributed by atoms with Crippen LogP contribution in [0.2, 0.25) is 0 Å². The van der Waals surface area contributed by atoms with Gasteiger partial charge in [-0.15, -0.1) is 0 Å². The summed E-state index contributed by atoms with van der Waals surface area (Å²) >= 11 is 0. The third kappa shape index (κ3) is 2.43. The minimum absolute atomic E-state index is 0.0272. The van der Waals surface area contributed by atoms with Gasteiger partial charge in [-0.05, 0) is 30.9 Å². The molecule has 1 fully saturated rings. The second kappa shape index (κ2) is 5.51. The quantitative estimate of drug-likeness (QED) is 0.918. The third-order valence-electron chi connectivity index (χ3n) is 4.70. The van der Waals surface area contributed by atoms with E-state index in [2.05, 4.69) is 23.5 Å². The van der Waals surface area contributed by atoms with Crippen LogP contribution < -0.4 is 5.32 Å². The van der Waals surface area contributed by atoms with Gasteiger partial charge in [0.2, 0.25) is 11.8 Å². The van der Waals surface area contributed by atoms with Crippen LogP contribution in [0.25, 0.3) is 0 Å². The number of hydrogen-bond acceptors (Lipinski definition) is 2. The lowest BCUT2D eigenvalue weighted by Gasteiger charge is -2.41. The fourth-order valence-corrected chi connectivity index (χ4v) is 3.38. The number of carbonyl (C=O) groups is 2. The molecule has 21 heavy (non-hydrogen) atoms. The van der Waals surface area contributed by atoms with Gasteiger partial charge in [0.25, 0.3) is 0 Å². The summed E-state index contributed by atoms with van der Waals surface area (Å²) in [5.41, 5.74) is 2.70. The normalized spacial score (nSPS) is 27.9. The zero-order chi connectivity index (χ0) is 15.0. The van der Waals surface area contributed by atoms with E-state index in [1.807, 2.05) is 19.9 Å². The van der Waals surface area contributed by atoms with Crippen LogP contribution in [0, 0.1) is 0 Å². The molecule has 112 valence electrons. The molecule has 0 bridgehead atoms. The van der Waals surface area contributed by atoms with E-state index in [1.54, 1.807) is 4.90 Å². The van der Waals surface area contributed by atoms with Gasteiger partial charge in [-0.25, -0.2) is 0 Å². The molecule has 1 aromatic rings. The number of amides is 2. The number of benzene rings is 1. The van der Waals surface area contributed by atoms with Gasteiger partial charge in [0.05, 0.1) is 0 Å². The van der Waals surface area contributed by atoms with E-state index in [-0.39, 0.29) is 23.9 Å². The zero-order valence-corrected chi connectivity index (χ0v) is 12.6. The monoisotopic (exact) mass is 286 g/mol. The maximum Gasteiger partial charge on any atom is 0.245 e. The lowest BCUT2D eigenvalue weighted by molar-refractivity contribution is -0.149. The second-order valence-corrected chi connectivity index (χ2v) is 6.12. The molecule has 0 radical (unpaired) electrons. The maximum atomic E-state index is 12.6. The summed E-state index contributed by atoms with van der Waals surface area (Å²) in [6.45, 7) is 4.51. The highest BCUT2D eigenvalue weighted by atomic mass is 16.2. The highest BCUT2D eigenvalue weighted by molar-refractivity contribution is 5.96. The fraction of sp³-hybridized carbons (Fsp3) is 0.529. The van der Waals surface area contributed by atoms with Crippen LogP contribution in [0.15, 0.2) is 24.3 Å². The van der Waals surface area contributed by atoms with Crippen molar-refractivity contribution in [3.8, 4) is 0 Å². The number of nitrogens with zero attached hydrogens (tertiary/aromatic N) is 1. The topological polar surface area (TPSA) is 49.4 Å². The van der Waals surface area contributed by atoms with Crippen molar-refractivity contribution in [3.63, 3.8) is 0 Å². The van der Waals surface area contributed by atoms with Crippen LogP contribution in [0.5, 0.6) is 0 Å². The van der Waals surface area contributed by atoms with Crippen LogP contribution >= 0.6 is 0 Å². The van der Waals surface area contributed by atoms with E-state index in [4.69, 9.17) is 0 Å². The summed E-state index contributed by atoms with van der Waals surface area (Å²) in [5, 5.41) is 2.85. The Bertz CT molecular complexity index is 570. The Labute approximate surface area is 125 Å². The fourth-order valence-electron chi connectivity index (χ4n) is 3.38. The third-order valence-corrected chi connectivity index (χ3v) is 4.70. The molecule has 3 rings (SSSR count). The SMILES string of the molecule is CCCC1NC(=O)C(C)N(CC2Cc3ccccc32)C1=O. The molecular weight excluding hydrogens is 264 g/mol. The summed E-state index contributed by atoms with van der Waals surface area (Å²) < 4.78 is 0. The van der Waals surface area contributed by atoms with Crippen molar-refractivity contribution in [3.05, 3.63) is 35.4 Å². The largest absolute Gasteiger partial charge is 0.343 e. The van der Waals surface area contributed by atoms with Crippen LogP contribution in [0.1, 0.15) is 43.7 Å². The first-order chi connectivity index (χ1) is 10.1. The Morgan fingerprint density at radius 2 is 2.05 bits per heavy atom. The minimum atomic E-state index is -0.363. The van der Waals surface area contributed by atoms with E-state index >= 15 is 0 Å². The van der Waals surface area contributed by atoms with Crippen molar-refractivity contribution in [2.24, 2.45) is 0 Å². The molecular formula is C17H22N2O2. The summed E-state index contributed by atoms with van der Waals surface area (Å²) in [6.07, 6.45) is 2.62. The highest BCUT2D eigenvalue weighted by Gasteiger charge is 2.40. The number of fused-ring (bicyclic) bond motifs is 1. The van der Waals surface area contributed by atoms with Gasteiger partial charge in [-0.2, -0.15) is 0 Å². The first kappa shape index (κ1) is 14.1. The standard InChI is InChI=1S/C17H22N2O2/c1-3-6-15-17(21)19(11(2)16(20)18-15)10-13-9-12-7-4-5-8-14(12)13/h4-5,7-8,11,13,15H,3,6,9-10H2,1-2H3,(H,18,20).